The van der Waals surface area contributed by atoms with E-state index in [1.54, 1.807) is 0 Å². The first-order chi connectivity index (χ1) is 13.7. The molecule has 0 nitrogen and oxygen atoms in total. The Morgan fingerprint density at radius 2 is 1.23 bits per heavy atom. The van der Waals surface area contributed by atoms with Crippen molar-refractivity contribution in [3.63, 3.8) is 0 Å². The average Bonchev–Trinajstić information content (AvgIpc) is 2.56. The summed E-state index contributed by atoms with van der Waals surface area (Å²) in [5.74, 6) is -14.6. The first-order valence-corrected chi connectivity index (χ1v) is 9.84. The van der Waals surface area contributed by atoms with Crippen molar-refractivity contribution in [2.45, 2.75) is 39.7 Å². The molecular formula is C18H12F10S2. The lowest BCUT2D eigenvalue weighted by atomic mass is 10.1. The van der Waals surface area contributed by atoms with Crippen LogP contribution in [-0.2, 0) is 0 Å². The first kappa shape index (κ1) is 24.7. The Bertz CT molecular complexity index is 885. The standard InChI is InChI=1S/C18H12F10S2/c19-10-2-4-14(13(22)5-10)30-18(27,28)8-16(23,24)7-17(25,26)9-29-15-6-11(20)1-3-12(15)21/h1-6H,7-9H2. The van der Waals surface area contributed by atoms with Crippen molar-refractivity contribution in [3.05, 3.63) is 59.7 Å². The second-order valence-electron chi connectivity index (χ2n) is 6.24. The molecule has 0 saturated heterocycles. The third-order valence-corrected chi connectivity index (χ3v) is 5.65. The molecule has 0 spiro atoms. The Labute approximate surface area is 173 Å². The van der Waals surface area contributed by atoms with Gasteiger partial charge in [0.15, 0.2) is 0 Å². The molecule has 0 N–H and O–H groups in total. The molecule has 2 aromatic rings. The van der Waals surface area contributed by atoms with Gasteiger partial charge in [-0.1, -0.05) is 0 Å². The van der Waals surface area contributed by atoms with E-state index in [9.17, 15) is 43.9 Å². The normalized spacial score (nSPS) is 13.0. The van der Waals surface area contributed by atoms with E-state index in [2.05, 4.69) is 0 Å². The minimum Gasteiger partial charge on any atom is -0.207 e. The van der Waals surface area contributed by atoms with Gasteiger partial charge < -0.3 is 0 Å². The van der Waals surface area contributed by atoms with Gasteiger partial charge in [-0.15, -0.1) is 11.8 Å². The molecule has 0 saturated carbocycles. The smallest absolute Gasteiger partial charge is 0.207 e. The maximum Gasteiger partial charge on any atom is 0.304 e. The molecule has 0 radical (unpaired) electrons. The third-order valence-electron chi connectivity index (χ3n) is 3.47. The Hall–Kier alpha value is -1.56. The van der Waals surface area contributed by atoms with Gasteiger partial charge in [0.2, 0.25) is 0 Å². The van der Waals surface area contributed by atoms with Crippen molar-refractivity contribution in [2.75, 3.05) is 5.75 Å². The van der Waals surface area contributed by atoms with Gasteiger partial charge in [0, 0.05) is 15.9 Å². The van der Waals surface area contributed by atoms with E-state index in [-0.39, 0.29) is 17.8 Å². The first-order valence-electron chi connectivity index (χ1n) is 8.03. The minimum atomic E-state index is -4.57. The zero-order chi connectivity index (χ0) is 22.7. The van der Waals surface area contributed by atoms with E-state index in [0.717, 1.165) is 6.07 Å². The Morgan fingerprint density at radius 3 is 1.87 bits per heavy atom. The van der Waals surface area contributed by atoms with E-state index < -0.39 is 80.5 Å². The van der Waals surface area contributed by atoms with Gasteiger partial charge in [0.05, 0.1) is 18.6 Å². The molecule has 0 bridgehead atoms. The molecule has 0 unspecified atom stereocenters. The summed E-state index contributed by atoms with van der Waals surface area (Å²) in [5, 5.41) is -4.35. The van der Waals surface area contributed by atoms with Crippen molar-refractivity contribution in [2.24, 2.45) is 0 Å². The van der Waals surface area contributed by atoms with Crippen LogP contribution >= 0.6 is 23.5 Å². The molecule has 0 fully saturated rings. The summed E-state index contributed by atoms with van der Waals surface area (Å²) in [6.07, 6.45) is -4.62. The van der Waals surface area contributed by atoms with Crippen LogP contribution in [0.1, 0.15) is 12.8 Å². The molecule has 0 heterocycles. The molecule has 0 amide bonds. The van der Waals surface area contributed by atoms with Crippen LogP contribution in [0, 0.1) is 23.3 Å². The lowest BCUT2D eigenvalue weighted by molar-refractivity contribution is -0.127. The number of halogens is 10. The van der Waals surface area contributed by atoms with E-state index >= 15 is 0 Å². The van der Waals surface area contributed by atoms with Crippen LogP contribution in [0.4, 0.5) is 43.9 Å². The molecule has 166 valence electrons. The van der Waals surface area contributed by atoms with Crippen molar-refractivity contribution in [3.8, 4) is 0 Å². The molecule has 30 heavy (non-hydrogen) atoms. The van der Waals surface area contributed by atoms with Gasteiger partial charge in [0.1, 0.15) is 23.3 Å². The van der Waals surface area contributed by atoms with Crippen LogP contribution in [-0.4, -0.2) is 22.9 Å². The quantitative estimate of drug-likeness (QED) is 0.265. The molecule has 0 aromatic heterocycles. The molecule has 0 aliphatic carbocycles. The van der Waals surface area contributed by atoms with Gasteiger partial charge in [-0.05, 0) is 42.1 Å². The Morgan fingerprint density at radius 1 is 0.633 bits per heavy atom. The van der Waals surface area contributed by atoms with Crippen molar-refractivity contribution in [1.29, 1.82) is 0 Å². The van der Waals surface area contributed by atoms with E-state index in [4.69, 9.17) is 0 Å². The highest BCUT2D eigenvalue weighted by Gasteiger charge is 2.50. The predicted octanol–water partition coefficient (Wildman–Crippen LogP) is 7.77. The number of benzene rings is 2. The fourth-order valence-electron chi connectivity index (χ4n) is 2.32. The van der Waals surface area contributed by atoms with E-state index in [1.807, 2.05) is 0 Å². The molecule has 0 atom stereocenters. The highest BCUT2D eigenvalue weighted by Crippen LogP contribution is 2.47. The van der Waals surface area contributed by atoms with Crippen LogP contribution in [0.3, 0.4) is 0 Å². The number of hydrogen-bond donors (Lipinski definition) is 0. The molecule has 12 heteroatoms. The number of hydrogen-bond acceptors (Lipinski definition) is 2. The van der Waals surface area contributed by atoms with E-state index in [1.165, 1.54) is 0 Å². The molecular weight excluding hydrogens is 470 g/mol. The number of rotatable bonds is 9. The molecule has 0 aliphatic rings. The summed E-state index contributed by atoms with van der Waals surface area (Å²) in [5.41, 5.74) is 0. The maximum atomic E-state index is 13.9. The zero-order valence-corrected chi connectivity index (χ0v) is 16.3. The highest BCUT2D eigenvalue weighted by molar-refractivity contribution is 8.00. The van der Waals surface area contributed by atoms with Crippen LogP contribution in [0.5, 0.6) is 0 Å². The van der Waals surface area contributed by atoms with Gasteiger partial charge in [-0.2, -0.15) is 8.78 Å². The van der Waals surface area contributed by atoms with Crippen molar-refractivity contribution >= 4 is 23.5 Å². The van der Waals surface area contributed by atoms with Crippen molar-refractivity contribution in [1.82, 2.24) is 0 Å². The maximum absolute atomic E-state index is 13.9. The minimum absolute atomic E-state index is 0.0566. The third kappa shape index (κ3) is 7.60. The van der Waals surface area contributed by atoms with Gasteiger partial charge >= 0.3 is 5.25 Å². The number of thioether (sulfide) groups is 2. The van der Waals surface area contributed by atoms with Crippen LogP contribution in [0.25, 0.3) is 0 Å². The van der Waals surface area contributed by atoms with E-state index in [0.29, 0.717) is 24.3 Å². The van der Waals surface area contributed by atoms with Crippen LogP contribution in [0.15, 0.2) is 46.2 Å². The lowest BCUT2D eigenvalue weighted by Crippen LogP contribution is -2.35. The van der Waals surface area contributed by atoms with Gasteiger partial charge in [-0.25, -0.2) is 35.1 Å². The number of alkyl halides is 6. The van der Waals surface area contributed by atoms with Gasteiger partial charge in [0.25, 0.3) is 11.8 Å². The Kier molecular flexibility index (Phi) is 7.65. The van der Waals surface area contributed by atoms with Crippen LogP contribution < -0.4 is 0 Å². The summed E-state index contributed by atoms with van der Waals surface area (Å²) in [6, 6.07) is 3.51. The van der Waals surface area contributed by atoms with Gasteiger partial charge in [-0.3, -0.25) is 0 Å². The largest absolute Gasteiger partial charge is 0.304 e. The topological polar surface area (TPSA) is 0 Å². The second-order valence-corrected chi connectivity index (χ2v) is 8.50. The van der Waals surface area contributed by atoms with Crippen LogP contribution in [0.2, 0.25) is 0 Å². The zero-order valence-electron chi connectivity index (χ0n) is 14.7. The highest BCUT2D eigenvalue weighted by atomic mass is 32.2. The Balaban J connectivity index is 2.01. The fraction of sp³-hybridized carbons (Fsp3) is 0.333. The summed E-state index contributed by atoms with van der Waals surface area (Å²) >= 11 is -0.592. The summed E-state index contributed by atoms with van der Waals surface area (Å²) in [6.45, 7) is 0. The fourth-order valence-corrected chi connectivity index (χ4v) is 4.09. The summed E-state index contributed by atoms with van der Waals surface area (Å²) in [7, 11) is 0. The van der Waals surface area contributed by atoms with Crippen molar-refractivity contribution < 1.29 is 43.9 Å². The lowest BCUT2D eigenvalue weighted by Gasteiger charge is -2.26. The average molecular weight is 482 g/mol. The summed E-state index contributed by atoms with van der Waals surface area (Å²) in [4.78, 5) is -1.38. The molecule has 2 aromatic carbocycles. The molecule has 0 aliphatic heterocycles. The SMILES string of the molecule is Fc1ccc(SC(F)(F)CC(F)(F)CC(F)(F)CSc2cc(F)ccc2F)c(F)c1. The molecule has 2 rings (SSSR count). The second kappa shape index (κ2) is 9.29. The summed E-state index contributed by atoms with van der Waals surface area (Å²) < 4.78 is 136. The monoisotopic (exact) mass is 482 g/mol. The predicted molar refractivity (Wildman–Crippen MR) is 93.4 cm³/mol.